The molecule has 1 aromatic carbocycles. The van der Waals surface area contributed by atoms with E-state index in [4.69, 9.17) is 0 Å². The van der Waals surface area contributed by atoms with E-state index in [1.807, 2.05) is 16.8 Å². The number of aryl methyl sites for hydroxylation is 1. The minimum absolute atomic E-state index is 0.0617. The lowest BCUT2D eigenvalue weighted by atomic mass is 10.2. The van der Waals surface area contributed by atoms with Gasteiger partial charge in [-0.3, -0.25) is 4.79 Å². The molecular formula is C18H24N4O. The van der Waals surface area contributed by atoms with Gasteiger partial charge < -0.3 is 10.6 Å². The maximum atomic E-state index is 12.5. The first-order chi connectivity index (χ1) is 11.2. The smallest absolute Gasteiger partial charge is 0.272 e. The summed E-state index contributed by atoms with van der Waals surface area (Å²) in [7, 11) is 0. The van der Waals surface area contributed by atoms with Crippen LogP contribution in [0.25, 0.3) is 5.69 Å². The van der Waals surface area contributed by atoms with E-state index in [1.165, 1.54) is 11.3 Å². The van der Waals surface area contributed by atoms with Crippen molar-refractivity contribution in [2.45, 2.75) is 33.1 Å². The van der Waals surface area contributed by atoms with Gasteiger partial charge in [-0.2, -0.15) is 5.10 Å². The number of carbonyl (C=O) groups excluding carboxylic acids is 1. The molecule has 0 unspecified atom stereocenters. The highest BCUT2D eigenvalue weighted by atomic mass is 16.1. The van der Waals surface area contributed by atoms with Gasteiger partial charge in [-0.1, -0.05) is 25.1 Å². The van der Waals surface area contributed by atoms with E-state index >= 15 is 0 Å². The zero-order chi connectivity index (χ0) is 16.2. The monoisotopic (exact) mass is 312 g/mol. The van der Waals surface area contributed by atoms with Crippen molar-refractivity contribution in [1.29, 1.82) is 0 Å². The van der Waals surface area contributed by atoms with E-state index < -0.39 is 0 Å². The minimum atomic E-state index is -0.0617. The number of amides is 1. The van der Waals surface area contributed by atoms with Crippen LogP contribution < -0.4 is 10.6 Å². The first-order valence-electron chi connectivity index (χ1n) is 8.38. The third kappa shape index (κ3) is 3.15. The van der Waals surface area contributed by atoms with Crippen molar-refractivity contribution < 1.29 is 4.79 Å². The third-order valence-corrected chi connectivity index (χ3v) is 4.33. The van der Waals surface area contributed by atoms with Gasteiger partial charge in [0.05, 0.1) is 5.69 Å². The highest BCUT2D eigenvalue weighted by molar-refractivity contribution is 5.94. The molecule has 1 heterocycles. The highest BCUT2D eigenvalue weighted by Crippen LogP contribution is 2.28. The second-order valence-electron chi connectivity index (χ2n) is 5.94. The summed E-state index contributed by atoms with van der Waals surface area (Å²) in [5, 5.41) is 10.8. The van der Waals surface area contributed by atoms with Gasteiger partial charge in [0.1, 0.15) is 0 Å². The van der Waals surface area contributed by atoms with Crippen molar-refractivity contribution in [2.75, 3.05) is 19.6 Å². The van der Waals surface area contributed by atoms with Gasteiger partial charge in [0.15, 0.2) is 5.69 Å². The van der Waals surface area contributed by atoms with Crippen LogP contribution in [0.2, 0.25) is 0 Å². The van der Waals surface area contributed by atoms with Gasteiger partial charge in [-0.05, 0) is 44.4 Å². The Morgan fingerprint density at radius 2 is 2.09 bits per heavy atom. The molecule has 0 spiro atoms. The average Bonchev–Trinajstić information content (AvgIpc) is 3.14. The standard InChI is InChI=1S/C18H24N4O/c1-3-19-11-12-20-18(23)17-14-8-6-10-16(14)22(21-17)15-9-5-4-7-13(15)2/h4-5,7,9,19H,3,6,8,10-12H2,1-2H3,(H,20,23). The van der Waals surface area contributed by atoms with Crippen molar-refractivity contribution >= 4 is 5.91 Å². The lowest BCUT2D eigenvalue weighted by molar-refractivity contribution is 0.0947. The molecule has 1 aliphatic carbocycles. The number of aromatic nitrogens is 2. The SMILES string of the molecule is CCNCCNC(=O)c1nn(-c2ccccc2C)c2c1CCC2. The van der Waals surface area contributed by atoms with Crippen LogP contribution in [0, 0.1) is 6.92 Å². The summed E-state index contributed by atoms with van der Waals surface area (Å²) in [5.41, 5.74) is 5.14. The fraction of sp³-hybridized carbons (Fsp3) is 0.444. The second-order valence-corrected chi connectivity index (χ2v) is 5.94. The highest BCUT2D eigenvalue weighted by Gasteiger charge is 2.27. The fourth-order valence-electron chi connectivity index (χ4n) is 3.15. The Hall–Kier alpha value is -2.14. The fourth-order valence-corrected chi connectivity index (χ4v) is 3.15. The largest absolute Gasteiger partial charge is 0.349 e. The topological polar surface area (TPSA) is 58.9 Å². The molecule has 0 aliphatic heterocycles. The summed E-state index contributed by atoms with van der Waals surface area (Å²) >= 11 is 0. The number of hydrogen-bond acceptors (Lipinski definition) is 3. The molecule has 23 heavy (non-hydrogen) atoms. The van der Waals surface area contributed by atoms with Crippen LogP contribution >= 0.6 is 0 Å². The van der Waals surface area contributed by atoms with Crippen LogP contribution in [0.4, 0.5) is 0 Å². The molecule has 5 heteroatoms. The molecule has 0 bridgehead atoms. The van der Waals surface area contributed by atoms with Gasteiger partial charge in [0.25, 0.3) is 5.91 Å². The zero-order valence-electron chi connectivity index (χ0n) is 13.9. The minimum Gasteiger partial charge on any atom is -0.349 e. The first-order valence-corrected chi connectivity index (χ1v) is 8.38. The van der Waals surface area contributed by atoms with E-state index in [1.54, 1.807) is 0 Å². The second kappa shape index (κ2) is 6.96. The van der Waals surface area contributed by atoms with E-state index in [0.717, 1.165) is 43.6 Å². The summed E-state index contributed by atoms with van der Waals surface area (Å²) < 4.78 is 1.97. The number of para-hydroxylation sites is 1. The molecule has 2 N–H and O–H groups in total. The predicted octanol–water partition coefficient (Wildman–Crippen LogP) is 2.01. The van der Waals surface area contributed by atoms with Gasteiger partial charge in [-0.15, -0.1) is 0 Å². The molecule has 1 amide bonds. The number of nitrogens with one attached hydrogen (secondary N) is 2. The molecule has 0 fully saturated rings. The van der Waals surface area contributed by atoms with Crippen LogP contribution in [0.3, 0.4) is 0 Å². The zero-order valence-corrected chi connectivity index (χ0v) is 13.9. The third-order valence-electron chi connectivity index (χ3n) is 4.33. The van der Waals surface area contributed by atoms with Crippen molar-refractivity contribution in [3.63, 3.8) is 0 Å². The Kier molecular flexibility index (Phi) is 4.76. The molecule has 1 aliphatic rings. The van der Waals surface area contributed by atoms with Gasteiger partial charge in [-0.25, -0.2) is 4.68 Å². The number of benzene rings is 1. The molecule has 0 saturated heterocycles. The van der Waals surface area contributed by atoms with E-state index in [0.29, 0.717) is 12.2 Å². The Bertz CT molecular complexity index is 705. The molecule has 5 nitrogen and oxygen atoms in total. The summed E-state index contributed by atoms with van der Waals surface area (Å²) in [6.07, 6.45) is 3.02. The maximum absolute atomic E-state index is 12.5. The Labute approximate surface area is 137 Å². The van der Waals surface area contributed by atoms with E-state index in [-0.39, 0.29) is 5.91 Å². The van der Waals surface area contributed by atoms with Crippen LogP contribution in [0.15, 0.2) is 24.3 Å². The quantitative estimate of drug-likeness (QED) is 0.802. The Balaban J connectivity index is 1.87. The molecule has 0 atom stereocenters. The first kappa shape index (κ1) is 15.7. The summed E-state index contributed by atoms with van der Waals surface area (Å²) in [6.45, 7) is 6.45. The van der Waals surface area contributed by atoms with Gasteiger partial charge >= 0.3 is 0 Å². The molecule has 1 aromatic heterocycles. The van der Waals surface area contributed by atoms with Crippen LogP contribution in [-0.2, 0) is 12.8 Å². The number of hydrogen-bond donors (Lipinski definition) is 2. The summed E-state index contributed by atoms with van der Waals surface area (Å²) in [5.74, 6) is -0.0617. The van der Waals surface area contributed by atoms with Gasteiger partial charge in [0.2, 0.25) is 0 Å². The number of rotatable bonds is 6. The van der Waals surface area contributed by atoms with Crippen LogP contribution in [0.5, 0.6) is 0 Å². The average molecular weight is 312 g/mol. The molecule has 122 valence electrons. The Morgan fingerprint density at radius 3 is 2.87 bits per heavy atom. The molecule has 3 rings (SSSR count). The van der Waals surface area contributed by atoms with E-state index in [9.17, 15) is 4.79 Å². The van der Waals surface area contributed by atoms with Crippen LogP contribution in [0.1, 0.15) is 40.7 Å². The normalized spacial score (nSPS) is 13.1. The van der Waals surface area contributed by atoms with Crippen molar-refractivity contribution in [1.82, 2.24) is 20.4 Å². The molecule has 2 aromatic rings. The molecular weight excluding hydrogens is 288 g/mol. The van der Waals surface area contributed by atoms with Crippen molar-refractivity contribution in [2.24, 2.45) is 0 Å². The number of nitrogens with zero attached hydrogens (tertiary/aromatic N) is 2. The Morgan fingerprint density at radius 1 is 1.26 bits per heavy atom. The number of likely N-dealkylation sites (N-methyl/N-ethyl adjacent to an activating group) is 1. The molecule has 0 saturated carbocycles. The predicted molar refractivity (Wildman–Crippen MR) is 91.2 cm³/mol. The van der Waals surface area contributed by atoms with E-state index in [2.05, 4.69) is 41.7 Å². The molecule has 0 radical (unpaired) electrons. The summed E-state index contributed by atoms with van der Waals surface area (Å²) in [6, 6.07) is 8.18. The lowest BCUT2D eigenvalue weighted by Gasteiger charge is -2.08. The number of fused-ring (bicyclic) bond motifs is 1. The maximum Gasteiger partial charge on any atom is 0.272 e. The summed E-state index contributed by atoms with van der Waals surface area (Å²) in [4.78, 5) is 12.5. The number of carbonyl (C=O) groups is 1. The van der Waals surface area contributed by atoms with Crippen LogP contribution in [-0.4, -0.2) is 35.3 Å². The van der Waals surface area contributed by atoms with Gasteiger partial charge in [0, 0.05) is 24.3 Å². The lowest BCUT2D eigenvalue weighted by Crippen LogP contribution is -2.32. The van der Waals surface area contributed by atoms with Crippen molar-refractivity contribution in [3.8, 4) is 5.69 Å². The van der Waals surface area contributed by atoms with Crippen molar-refractivity contribution in [3.05, 3.63) is 46.8 Å².